The average molecular weight is 235 g/mol. The van der Waals surface area contributed by atoms with Crippen molar-refractivity contribution >= 4 is 0 Å². The van der Waals surface area contributed by atoms with Crippen molar-refractivity contribution in [2.24, 2.45) is 0 Å². The predicted octanol–water partition coefficient (Wildman–Crippen LogP) is 2.49. The molecule has 2 atom stereocenters. The maximum Gasteiger partial charge on any atom is 0.123 e. The number of halogens is 1. The van der Waals surface area contributed by atoms with E-state index in [1.54, 1.807) is 0 Å². The molecule has 17 heavy (non-hydrogen) atoms. The molecule has 2 saturated heterocycles. The molecule has 1 aromatic rings. The van der Waals surface area contributed by atoms with Crippen LogP contribution in [0.2, 0.25) is 0 Å². The van der Waals surface area contributed by atoms with Crippen molar-refractivity contribution in [2.75, 3.05) is 13.2 Å². The van der Waals surface area contributed by atoms with Crippen molar-refractivity contribution < 1.29 is 9.50 Å². The Balaban J connectivity index is 1.88. The topological polar surface area (TPSA) is 23.5 Å². The molecule has 0 aromatic heterocycles. The van der Waals surface area contributed by atoms with Crippen LogP contribution in [0, 0.1) is 5.82 Å². The molecule has 0 aliphatic carbocycles. The second-order valence-electron chi connectivity index (χ2n) is 5.29. The van der Waals surface area contributed by atoms with Crippen LogP contribution in [0.4, 0.5) is 4.39 Å². The van der Waals surface area contributed by atoms with E-state index < -0.39 is 0 Å². The van der Waals surface area contributed by atoms with E-state index in [0.717, 1.165) is 32.2 Å². The Hall–Kier alpha value is -0.930. The average Bonchev–Trinajstić information content (AvgIpc) is 2.89. The molecule has 2 heterocycles. The van der Waals surface area contributed by atoms with E-state index in [2.05, 4.69) is 4.90 Å². The lowest BCUT2D eigenvalue weighted by molar-refractivity contribution is 0.0776. The molecule has 2 fully saturated rings. The van der Waals surface area contributed by atoms with Gasteiger partial charge >= 0.3 is 0 Å². The minimum Gasteiger partial charge on any atom is -0.394 e. The van der Waals surface area contributed by atoms with E-state index in [1.165, 1.54) is 17.7 Å². The second kappa shape index (κ2) is 4.07. The second-order valence-corrected chi connectivity index (χ2v) is 5.29. The Morgan fingerprint density at radius 2 is 2.06 bits per heavy atom. The Kier molecular flexibility index (Phi) is 2.68. The smallest absolute Gasteiger partial charge is 0.123 e. The van der Waals surface area contributed by atoms with Gasteiger partial charge in [-0.2, -0.15) is 0 Å². The van der Waals surface area contributed by atoms with Crippen molar-refractivity contribution in [2.45, 2.75) is 37.3 Å². The molecule has 0 radical (unpaired) electrons. The van der Waals surface area contributed by atoms with Crippen LogP contribution in [-0.4, -0.2) is 28.7 Å². The largest absolute Gasteiger partial charge is 0.394 e. The van der Waals surface area contributed by atoms with Crippen LogP contribution in [-0.2, 0) is 0 Å². The van der Waals surface area contributed by atoms with Crippen LogP contribution in [0.1, 0.15) is 37.3 Å². The zero-order valence-electron chi connectivity index (χ0n) is 9.90. The highest BCUT2D eigenvalue weighted by Crippen LogP contribution is 2.48. The molecular formula is C14H18FNO. The van der Waals surface area contributed by atoms with Crippen LogP contribution in [0.3, 0.4) is 0 Å². The number of benzene rings is 1. The first-order valence-corrected chi connectivity index (χ1v) is 6.38. The van der Waals surface area contributed by atoms with Gasteiger partial charge in [0.25, 0.3) is 0 Å². The van der Waals surface area contributed by atoms with E-state index in [0.29, 0.717) is 6.04 Å². The molecule has 2 unspecified atom stereocenters. The molecule has 92 valence electrons. The van der Waals surface area contributed by atoms with E-state index in [4.69, 9.17) is 0 Å². The lowest BCUT2D eigenvalue weighted by atomic mass is 9.95. The Morgan fingerprint density at radius 1 is 1.29 bits per heavy atom. The summed E-state index contributed by atoms with van der Waals surface area (Å²) in [6, 6.07) is 7.19. The predicted molar refractivity (Wildman–Crippen MR) is 64.1 cm³/mol. The fraction of sp³-hybridized carbons (Fsp3) is 0.571. The lowest BCUT2D eigenvalue weighted by Gasteiger charge is -2.33. The van der Waals surface area contributed by atoms with Gasteiger partial charge in [-0.05, 0) is 49.9 Å². The number of hydrogen-bond acceptors (Lipinski definition) is 2. The van der Waals surface area contributed by atoms with Gasteiger partial charge < -0.3 is 5.11 Å². The first kappa shape index (κ1) is 11.2. The summed E-state index contributed by atoms with van der Waals surface area (Å²) in [7, 11) is 0. The standard InChI is InChI=1S/C14H18FNO/c15-12-4-2-11(3-5-12)13-6-8-14(10-17)7-1-9-16(13)14/h2-5,13,17H,1,6-10H2. The Morgan fingerprint density at radius 3 is 2.76 bits per heavy atom. The third-order valence-electron chi connectivity index (χ3n) is 4.46. The molecule has 1 N–H and O–H groups in total. The van der Waals surface area contributed by atoms with Crippen molar-refractivity contribution in [3.05, 3.63) is 35.6 Å². The number of aliphatic hydroxyl groups excluding tert-OH is 1. The molecule has 0 spiro atoms. The number of fused-ring (bicyclic) bond motifs is 1. The van der Waals surface area contributed by atoms with Crippen molar-refractivity contribution in [1.82, 2.24) is 4.90 Å². The van der Waals surface area contributed by atoms with Crippen molar-refractivity contribution in [3.63, 3.8) is 0 Å². The summed E-state index contributed by atoms with van der Waals surface area (Å²) in [5.41, 5.74) is 1.20. The minimum atomic E-state index is -0.179. The third kappa shape index (κ3) is 1.69. The molecule has 2 nitrogen and oxygen atoms in total. The SMILES string of the molecule is OCC12CCCN1C(c1ccc(F)cc1)CC2. The summed E-state index contributed by atoms with van der Waals surface area (Å²) in [5.74, 6) is -0.179. The van der Waals surface area contributed by atoms with Gasteiger partial charge in [-0.15, -0.1) is 0 Å². The van der Waals surface area contributed by atoms with Gasteiger partial charge in [-0.3, -0.25) is 4.90 Å². The Bertz CT molecular complexity index is 405. The van der Waals surface area contributed by atoms with E-state index in [-0.39, 0.29) is 18.0 Å². The van der Waals surface area contributed by atoms with E-state index >= 15 is 0 Å². The van der Waals surface area contributed by atoms with E-state index in [9.17, 15) is 9.50 Å². The molecule has 3 heteroatoms. The summed E-state index contributed by atoms with van der Waals surface area (Å²) in [4.78, 5) is 2.43. The lowest BCUT2D eigenvalue weighted by Crippen LogP contribution is -2.42. The number of nitrogens with zero attached hydrogens (tertiary/aromatic N) is 1. The molecule has 3 rings (SSSR count). The Labute approximate surface area is 101 Å². The van der Waals surface area contributed by atoms with Gasteiger partial charge in [-0.25, -0.2) is 4.39 Å². The number of aliphatic hydroxyl groups is 1. The zero-order chi connectivity index (χ0) is 11.9. The zero-order valence-corrected chi connectivity index (χ0v) is 9.90. The summed E-state index contributed by atoms with van der Waals surface area (Å²) in [5, 5.41) is 9.63. The molecule has 2 aliphatic rings. The van der Waals surface area contributed by atoms with Gasteiger partial charge in [-0.1, -0.05) is 12.1 Å². The van der Waals surface area contributed by atoms with Crippen LogP contribution in [0.25, 0.3) is 0 Å². The van der Waals surface area contributed by atoms with Gasteiger partial charge in [0.1, 0.15) is 5.82 Å². The number of hydrogen-bond donors (Lipinski definition) is 1. The van der Waals surface area contributed by atoms with Gasteiger partial charge in [0.05, 0.1) is 6.61 Å². The molecule has 0 bridgehead atoms. The third-order valence-corrected chi connectivity index (χ3v) is 4.46. The van der Waals surface area contributed by atoms with Gasteiger partial charge in [0.15, 0.2) is 0 Å². The molecule has 2 aliphatic heterocycles. The van der Waals surface area contributed by atoms with Gasteiger partial charge in [0.2, 0.25) is 0 Å². The highest BCUT2D eigenvalue weighted by molar-refractivity contribution is 5.23. The monoisotopic (exact) mass is 235 g/mol. The van der Waals surface area contributed by atoms with Crippen LogP contribution in [0.15, 0.2) is 24.3 Å². The van der Waals surface area contributed by atoms with Crippen LogP contribution >= 0.6 is 0 Å². The highest BCUT2D eigenvalue weighted by Gasteiger charge is 2.48. The summed E-state index contributed by atoms with van der Waals surface area (Å²) < 4.78 is 12.9. The summed E-state index contributed by atoms with van der Waals surface area (Å²) in [6.45, 7) is 1.31. The molecule has 0 saturated carbocycles. The maximum atomic E-state index is 12.9. The number of rotatable bonds is 2. The first-order valence-electron chi connectivity index (χ1n) is 6.38. The molecular weight excluding hydrogens is 217 g/mol. The van der Waals surface area contributed by atoms with E-state index in [1.807, 2.05) is 12.1 Å². The van der Waals surface area contributed by atoms with Crippen LogP contribution in [0.5, 0.6) is 0 Å². The summed E-state index contributed by atoms with van der Waals surface area (Å²) in [6.07, 6.45) is 4.40. The van der Waals surface area contributed by atoms with Gasteiger partial charge in [0, 0.05) is 11.6 Å². The van der Waals surface area contributed by atoms with Crippen molar-refractivity contribution in [3.8, 4) is 0 Å². The summed E-state index contributed by atoms with van der Waals surface area (Å²) >= 11 is 0. The fourth-order valence-corrected chi connectivity index (χ4v) is 3.56. The highest BCUT2D eigenvalue weighted by atomic mass is 19.1. The minimum absolute atomic E-state index is 0.0129. The quantitative estimate of drug-likeness (QED) is 0.851. The maximum absolute atomic E-state index is 12.9. The molecule has 1 aromatic carbocycles. The normalized spacial score (nSPS) is 32.9. The first-order chi connectivity index (χ1) is 8.25. The van der Waals surface area contributed by atoms with Crippen molar-refractivity contribution in [1.29, 1.82) is 0 Å². The van der Waals surface area contributed by atoms with Crippen LogP contribution < -0.4 is 0 Å². The fourth-order valence-electron chi connectivity index (χ4n) is 3.56. The molecule has 0 amide bonds.